The van der Waals surface area contributed by atoms with E-state index in [0.29, 0.717) is 5.02 Å². The molecule has 0 saturated carbocycles. The minimum Gasteiger partial charge on any atom is -0.269 e. The molecule has 0 aliphatic rings. The van der Waals surface area contributed by atoms with Gasteiger partial charge in [-0.15, -0.1) is 0 Å². The SMILES string of the molecule is O=C(/C=C/c1ccc(Cl)cc1)n1cnc2ccccc21. The summed E-state index contributed by atoms with van der Waals surface area (Å²) in [4.78, 5) is 16.4. The number of hydrogen-bond donors (Lipinski definition) is 0. The third kappa shape index (κ3) is 2.49. The van der Waals surface area contributed by atoms with Crippen LogP contribution in [-0.4, -0.2) is 15.5 Å². The fraction of sp³-hybridized carbons (Fsp3) is 0. The molecular formula is C16H11ClN2O. The summed E-state index contributed by atoms with van der Waals surface area (Å²) >= 11 is 5.82. The first-order valence-electron chi connectivity index (χ1n) is 6.14. The van der Waals surface area contributed by atoms with Crippen molar-refractivity contribution in [2.75, 3.05) is 0 Å². The van der Waals surface area contributed by atoms with Crippen LogP contribution < -0.4 is 0 Å². The Morgan fingerprint density at radius 1 is 1.10 bits per heavy atom. The monoisotopic (exact) mass is 282 g/mol. The zero-order valence-corrected chi connectivity index (χ0v) is 11.3. The van der Waals surface area contributed by atoms with Crippen molar-refractivity contribution in [2.45, 2.75) is 0 Å². The lowest BCUT2D eigenvalue weighted by molar-refractivity contribution is 0.0974. The van der Waals surface area contributed by atoms with Crippen molar-refractivity contribution in [1.82, 2.24) is 9.55 Å². The van der Waals surface area contributed by atoms with Crippen LogP contribution in [0.2, 0.25) is 5.02 Å². The van der Waals surface area contributed by atoms with Crippen LogP contribution in [0.3, 0.4) is 0 Å². The standard InChI is InChI=1S/C16H11ClN2O/c17-13-8-5-12(6-9-13)7-10-16(20)19-11-18-14-3-1-2-4-15(14)19/h1-11H/b10-7+. The van der Waals surface area contributed by atoms with Gasteiger partial charge >= 0.3 is 0 Å². The van der Waals surface area contributed by atoms with Crippen molar-refractivity contribution in [2.24, 2.45) is 0 Å². The van der Waals surface area contributed by atoms with Crippen LogP contribution in [0.1, 0.15) is 10.4 Å². The number of benzene rings is 2. The molecule has 1 aromatic heterocycles. The van der Waals surface area contributed by atoms with E-state index in [1.54, 1.807) is 24.5 Å². The summed E-state index contributed by atoms with van der Waals surface area (Å²) in [5, 5.41) is 0.675. The third-order valence-electron chi connectivity index (χ3n) is 2.98. The number of nitrogens with zero attached hydrogens (tertiary/aromatic N) is 2. The van der Waals surface area contributed by atoms with E-state index in [2.05, 4.69) is 4.98 Å². The summed E-state index contributed by atoms with van der Waals surface area (Å²) in [6.07, 6.45) is 4.82. The van der Waals surface area contributed by atoms with Crippen LogP contribution in [0.4, 0.5) is 0 Å². The molecule has 0 aliphatic carbocycles. The molecule has 20 heavy (non-hydrogen) atoms. The van der Waals surface area contributed by atoms with Crippen molar-refractivity contribution in [3.63, 3.8) is 0 Å². The van der Waals surface area contributed by atoms with E-state index in [1.807, 2.05) is 36.4 Å². The summed E-state index contributed by atoms with van der Waals surface area (Å²) in [6, 6.07) is 14.8. The first-order chi connectivity index (χ1) is 9.74. The van der Waals surface area contributed by atoms with E-state index < -0.39 is 0 Å². The highest BCUT2D eigenvalue weighted by Crippen LogP contribution is 2.13. The number of aromatic nitrogens is 2. The van der Waals surface area contributed by atoms with Gasteiger partial charge in [0, 0.05) is 11.1 Å². The quantitative estimate of drug-likeness (QED) is 0.665. The molecule has 0 unspecified atom stereocenters. The Hall–Kier alpha value is -2.39. The van der Waals surface area contributed by atoms with E-state index in [9.17, 15) is 4.79 Å². The second-order valence-corrected chi connectivity index (χ2v) is 4.76. The molecule has 0 N–H and O–H groups in total. The second-order valence-electron chi connectivity index (χ2n) is 4.33. The van der Waals surface area contributed by atoms with E-state index >= 15 is 0 Å². The first kappa shape index (κ1) is 12.6. The van der Waals surface area contributed by atoms with Crippen molar-refractivity contribution < 1.29 is 4.79 Å². The highest BCUT2D eigenvalue weighted by molar-refractivity contribution is 6.30. The maximum atomic E-state index is 12.2. The Bertz CT molecular complexity index is 788. The van der Waals surface area contributed by atoms with Crippen molar-refractivity contribution in [3.8, 4) is 0 Å². The lowest BCUT2D eigenvalue weighted by atomic mass is 10.2. The van der Waals surface area contributed by atoms with E-state index in [0.717, 1.165) is 16.6 Å². The molecule has 0 aliphatic heterocycles. The molecule has 3 nitrogen and oxygen atoms in total. The lowest BCUT2D eigenvalue weighted by Gasteiger charge is -1.98. The zero-order valence-electron chi connectivity index (χ0n) is 10.5. The van der Waals surface area contributed by atoms with E-state index in [1.165, 1.54) is 10.6 Å². The first-order valence-corrected chi connectivity index (χ1v) is 6.52. The molecule has 3 aromatic rings. The molecule has 0 fully saturated rings. The smallest absolute Gasteiger partial charge is 0.256 e. The number of imidazole rings is 1. The zero-order chi connectivity index (χ0) is 13.9. The summed E-state index contributed by atoms with van der Waals surface area (Å²) in [5.74, 6) is -0.131. The van der Waals surface area contributed by atoms with Gasteiger partial charge in [-0.1, -0.05) is 35.9 Å². The summed E-state index contributed by atoms with van der Waals surface area (Å²) in [5.41, 5.74) is 2.53. The highest BCUT2D eigenvalue weighted by Gasteiger charge is 2.06. The molecular weight excluding hydrogens is 272 g/mol. The normalized spacial score (nSPS) is 11.2. The van der Waals surface area contributed by atoms with Gasteiger partial charge in [-0.3, -0.25) is 9.36 Å². The Kier molecular flexibility index (Phi) is 3.35. The number of halogens is 1. The van der Waals surface area contributed by atoms with Gasteiger partial charge in [0.05, 0.1) is 11.0 Å². The van der Waals surface area contributed by atoms with Crippen molar-refractivity contribution >= 4 is 34.6 Å². The molecule has 0 spiro atoms. The van der Waals surface area contributed by atoms with Crippen LogP contribution in [-0.2, 0) is 0 Å². The van der Waals surface area contributed by atoms with E-state index in [4.69, 9.17) is 11.6 Å². The topological polar surface area (TPSA) is 34.9 Å². The van der Waals surface area contributed by atoms with Gasteiger partial charge < -0.3 is 0 Å². The van der Waals surface area contributed by atoms with Crippen LogP contribution >= 0.6 is 11.6 Å². The third-order valence-corrected chi connectivity index (χ3v) is 3.23. The molecule has 0 atom stereocenters. The average Bonchev–Trinajstić information content (AvgIpc) is 2.90. The fourth-order valence-corrected chi connectivity index (χ4v) is 2.08. The number of carbonyl (C=O) groups excluding carboxylic acids is 1. The molecule has 0 saturated heterocycles. The van der Waals surface area contributed by atoms with Crippen LogP contribution in [0.15, 0.2) is 60.9 Å². The predicted molar refractivity (Wildman–Crippen MR) is 80.8 cm³/mol. The number of rotatable bonds is 2. The Labute approximate surface area is 121 Å². The van der Waals surface area contributed by atoms with E-state index in [-0.39, 0.29) is 5.91 Å². The molecule has 4 heteroatoms. The maximum absolute atomic E-state index is 12.2. The minimum absolute atomic E-state index is 0.131. The number of carbonyl (C=O) groups is 1. The molecule has 0 radical (unpaired) electrons. The Balaban J connectivity index is 1.87. The van der Waals surface area contributed by atoms with Crippen molar-refractivity contribution in [1.29, 1.82) is 0 Å². The molecule has 1 heterocycles. The van der Waals surface area contributed by atoms with Gasteiger partial charge in [0.25, 0.3) is 5.91 Å². The average molecular weight is 283 g/mol. The van der Waals surface area contributed by atoms with Gasteiger partial charge in [0.2, 0.25) is 0 Å². The van der Waals surface area contributed by atoms with Gasteiger partial charge in [-0.25, -0.2) is 4.98 Å². The fourth-order valence-electron chi connectivity index (χ4n) is 1.96. The van der Waals surface area contributed by atoms with Crippen LogP contribution in [0.5, 0.6) is 0 Å². The van der Waals surface area contributed by atoms with Gasteiger partial charge in [-0.05, 0) is 35.9 Å². The predicted octanol–water partition coefficient (Wildman–Crippen LogP) is 4.04. The van der Waals surface area contributed by atoms with Crippen LogP contribution in [0.25, 0.3) is 17.1 Å². The highest BCUT2D eigenvalue weighted by atomic mass is 35.5. The molecule has 3 rings (SSSR count). The number of hydrogen-bond acceptors (Lipinski definition) is 2. The largest absolute Gasteiger partial charge is 0.269 e. The molecule has 0 amide bonds. The second kappa shape index (κ2) is 5.31. The number of fused-ring (bicyclic) bond motifs is 1. The number of para-hydroxylation sites is 2. The summed E-state index contributed by atoms with van der Waals surface area (Å²) in [6.45, 7) is 0. The van der Waals surface area contributed by atoms with Crippen molar-refractivity contribution in [3.05, 3.63) is 71.5 Å². The number of allylic oxidation sites excluding steroid dienone is 1. The molecule has 0 bridgehead atoms. The van der Waals surface area contributed by atoms with Crippen LogP contribution in [0, 0.1) is 0 Å². The maximum Gasteiger partial charge on any atom is 0.256 e. The Morgan fingerprint density at radius 3 is 2.65 bits per heavy atom. The lowest BCUT2D eigenvalue weighted by Crippen LogP contribution is -2.05. The van der Waals surface area contributed by atoms with Gasteiger partial charge in [0.15, 0.2) is 0 Å². The summed E-state index contributed by atoms with van der Waals surface area (Å²) < 4.78 is 1.53. The van der Waals surface area contributed by atoms with Gasteiger partial charge in [-0.2, -0.15) is 0 Å². The van der Waals surface area contributed by atoms with Gasteiger partial charge in [0.1, 0.15) is 6.33 Å². The summed E-state index contributed by atoms with van der Waals surface area (Å²) in [7, 11) is 0. The molecule has 2 aromatic carbocycles. The Morgan fingerprint density at radius 2 is 1.85 bits per heavy atom. The minimum atomic E-state index is -0.131. The molecule has 98 valence electrons.